The maximum atomic E-state index is 11.8. The van der Waals surface area contributed by atoms with Crippen molar-refractivity contribution in [3.63, 3.8) is 0 Å². The molecule has 0 saturated carbocycles. The second-order valence-electron chi connectivity index (χ2n) is 4.87. The number of rotatable bonds is 4. The minimum absolute atomic E-state index is 0.132. The van der Waals surface area contributed by atoms with Gasteiger partial charge in [0.05, 0.1) is 6.10 Å². The Kier molecular flexibility index (Phi) is 4.71. The van der Waals surface area contributed by atoms with E-state index >= 15 is 0 Å². The van der Waals surface area contributed by atoms with Crippen molar-refractivity contribution < 1.29 is 9.90 Å². The minimum atomic E-state index is -0.601. The number of allylic oxidation sites excluding steroid dienone is 1. The van der Waals surface area contributed by atoms with Gasteiger partial charge in [-0.15, -0.1) is 0 Å². The summed E-state index contributed by atoms with van der Waals surface area (Å²) < 4.78 is 0. The van der Waals surface area contributed by atoms with E-state index in [-0.39, 0.29) is 5.78 Å². The Bertz CT molecular complexity index is 420. The summed E-state index contributed by atoms with van der Waals surface area (Å²) in [5.41, 5.74) is 1.85. The number of Topliss-reactive ketones (excluding diaryl/α,β-unsaturated/α-hetero) is 1. The molecule has 2 rings (SSSR count). The highest BCUT2D eigenvalue weighted by atomic mass is 16.3. The molecule has 18 heavy (non-hydrogen) atoms. The van der Waals surface area contributed by atoms with Crippen molar-refractivity contribution in [2.45, 2.75) is 44.6 Å². The van der Waals surface area contributed by atoms with Gasteiger partial charge in [-0.05, 0) is 37.7 Å². The fourth-order valence-electron chi connectivity index (χ4n) is 2.37. The van der Waals surface area contributed by atoms with Crippen LogP contribution in [-0.4, -0.2) is 17.0 Å². The molecule has 0 radical (unpaired) electrons. The van der Waals surface area contributed by atoms with Crippen LogP contribution < -0.4 is 0 Å². The Balaban J connectivity index is 1.93. The van der Waals surface area contributed by atoms with E-state index in [0.29, 0.717) is 18.4 Å². The predicted molar refractivity (Wildman–Crippen MR) is 72.3 cm³/mol. The van der Waals surface area contributed by atoms with Gasteiger partial charge in [0.25, 0.3) is 0 Å². The molecule has 0 bridgehead atoms. The maximum Gasteiger partial charge on any atom is 0.161 e. The molecule has 1 N–H and O–H groups in total. The Morgan fingerprint density at radius 2 is 1.94 bits per heavy atom. The second kappa shape index (κ2) is 6.50. The summed E-state index contributed by atoms with van der Waals surface area (Å²) in [6.07, 6.45) is 6.29. The molecule has 2 nitrogen and oxygen atoms in total. The van der Waals surface area contributed by atoms with Crippen LogP contribution in [0.2, 0.25) is 0 Å². The lowest BCUT2D eigenvalue weighted by Gasteiger charge is -2.13. The molecule has 0 heterocycles. The lowest BCUT2D eigenvalue weighted by molar-refractivity contribution is -0.116. The zero-order valence-corrected chi connectivity index (χ0v) is 10.6. The zero-order chi connectivity index (χ0) is 12.8. The lowest BCUT2D eigenvalue weighted by atomic mass is 9.97. The Hall–Kier alpha value is -1.41. The van der Waals surface area contributed by atoms with Crippen LogP contribution >= 0.6 is 0 Å². The molecule has 1 atom stereocenters. The average Bonchev–Trinajstić information content (AvgIpc) is 2.62. The van der Waals surface area contributed by atoms with Gasteiger partial charge in [-0.1, -0.05) is 36.4 Å². The van der Waals surface area contributed by atoms with Gasteiger partial charge in [0.15, 0.2) is 5.78 Å². The molecule has 1 aromatic rings. The van der Waals surface area contributed by atoms with Gasteiger partial charge < -0.3 is 5.11 Å². The number of ketones is 1. The number of hydrogen-bond acceptors (Lipinski definition) is 2. The molecular weight excluding hydrogens is 224 g/mol. The molecule has 0 fully saturated rings. The summed E-state index contributed by atoms with van der Waals surface area (Å²) in [6, 6.07) is 10.1. The summed E-state index contributed by atoms with van der Waals surface area (Å²) in [5.74, 6) is 0.132. The summed E-state index contributed by atoms with van der Waals surface area (Å²) in [6.45, 7) is 0. The van der Waals surface area contributed by atoms with Crippen molar-refractivity contribution in [3.8, 4) is 0 Å². The molecular formula is C16H20O2. The van der Waals surface area contributed by atoms with Crippen LogP contribution in [0.3, 0.4) is 0 Å². The van der Waals surface area contributed by atoms with Gasteiger partial charge in [-0.25, -0.2) is 0 Å². The topological polar surface area (TPSA) is 37.3 Å². The monoisotopic (exact) mass is 244 g/mol. The molecule has 0 amide bonds. The highest BCUT2D eigenvalue weighted by molar-refractivity contribution is 5.96. The fourth-order valence-corrected chi connectivity index (χ4v) is 2.37. The highest BCUT2D eigenvalue weighted by Gasteiger charge is 2.19. The third kappa shape index (κ3) is 3.54. The third-order valence-electron chi connectivity index (χ3n) is 3.45. The number of carbonyl (C=O) groups excluding carboxylic acids is 1. The van der Waals surface area contributed by atoms with Gasteiger partial charge >= 0.3 is 0 Å². The summed E-state index contributed by atoms with van der Waals surface area (Å²) in [5, 5.41) is 10.1. The van der Waals surface area contributed by atoms with Gasteiger partial charge in [-0.2, -0.15) is 0 Å². The van der Waals surface area contributed by atoms with Crippen LogP contribution in [0, 0.1) is 0 Å². The molecule has 0 unspecified atom stereocenters. The molecule has 0 saturated heterocycles. The summed E-state index contributed by atoms with van der Waals surface area (Å²) >= 11 is 0. The second-order valence-corrected chi connectivity index (χ2v) is 4.87. The van der Waals surface area contributed by atoms with E-state index in [1.807, 2.05) is 24.3 Å². The van der Waals surface area contributed by atoms with Crippen molar-refractivity contribution in [2.75, 3.05) is 0 Å². The Labute approximate surface area is 108 Å². The normalized spacial score (nSPS) is 18.1. The largest absolute Gasteiger partial charge is 0.388 e. The van der Waals surface area contributed by atoms with E-state index in [0.717, 1.165) is 25.7 Å². The molecule has 0 aliphatic heterocycles. The quantitative estimate of drug-likeness (QED) is 0.884. The lowest BCUT2D eigenvalue weighted by Crippen LogP contribution is -2.18. The molecule has 1 aliphatic rings. The first-order valence-corrected chi connectivity index (χ1v) is 6.72. The van der Waals surface area contributed by atoms with Gasteiger partial charge in [0.1, 0.15) is 0 Å². The molecule has 1 aliphatic carbocycles. The molecule has 2 heteroatoms. The smallest absolute Gasteiger partial charge is 0.161 e. The van der Waals surface area contributed by atoms with Crippen LogP contribution in [0.4, 0.5) is 0 Å². The minimum Gasteiger partial charge on any atom is -0.388 e. The van der Waals surface area contributed by atoms with Crippen LogP contribution in [0.25, 0.3) is 0 Å². The van der Waals surface area contributed by atoms with Crippen LogP contribution in [0.1, 0.15) is 37.7 Å². The van der Waals surface area contributed by atoms with Crippen molar-refractivity contribution in [3.05, 3.63) is 47.5 Å². The van der Waals surface area contributed by atoms with Gasteiger partial charge in [0.2, 0.25) is 0 Å². The van der Waals surface area contributed by atoms with Gasteiger partial charge in [0, 0.05) is 12.0 Å². The SMILES string of the molecule is O=C1CCCCC=C1[C@@H](O)CCc1ccccc1. The van der Waals surface area contributed by atoms with E-state index in [9.17, 15) is 9.90 Å². The molecule has 0 spiro atoms. The number of aliphatic hydroxyl groups is 1. The Morgan fingerprint density at radius 3 is 2.72 bits per heavy atom. The first-order valence-electron chi connectivity index (χ1n) is 6.72. The van der Waals surface area contributed by atoms with E-state index < -0.39 is 6.10 Å². The standard InChI is InChI=1S/C16H20O2/c17-15-10-6-2-5-9-14(15)16(18)12-11-13-7-3-1-4-8-13/h1,3-4,7-9,16,18H,2,5-6,10-12H2/t16-/m0/s1. The molecule has 1 aromatic carbocycles. The van der Waals surface area contributed by atoms with Crippen molar-refractivity contribution >= 4 is 5.78 Å². The van der Waals surface area contributed by atoms with Crippen molar-refractivity contribution in [1.29, 1.82) is 0 Å². The number of carbonyl (C=O) groups is 1. The highest BCUT2D eigenvalue weighted by Crippen LogP contribution is 2.19. The van der Waals surface area contributed by atoms with E-state index in [1.54, 1.807) is 0 Å². The predicted octanol–water partition coefficient (Wildman–Crippen LogP) is 3.05. The van der Waals surface area contributed by atoms with Crippen LogP contribution in [-0.2, 0) is 11.2 Å². The number of aryl methyl sites for hydroxylation is 1. The maximum absolute atomic E-state index is 11.8. The Morgan fingerprint density at radius 1 is 1.17 bits per heavy atom. The first kappa shape index (κ1) is 13.0. The average molecular weight is 244 g/mol. The summed E-state index contributed by atoms with van der Waals surface area (Å²) in [4.78, 5) is 11.8. The summed E-state index contributed by atoms with van der Waals surface area (Å²) in [7, 11) is 0. The van der Waals surface area contributed by atoms with Gasteiger partial charge in [-0.3, -0.25) is 4.79 Å². The van der Waals surface area contributed by atoms with Crippen LogP contribution in [0.5, 0.6) is 0 Å². The zero-order valence-electron chi connectivity index (χ0n) is 10.6. The molecule has 0 aromatic heterocycles. The number of aliphatic hydroxyl groups excluding tert-OH is 1. The third-order valence-corrected chi connectivity index (χ3v) is 3.45. The van der Waals surface area contributed by atoms with Crippen molar-refractivity contribution in [2.24, 2.45) is 0 Å². The van der Waals surface area contributed by atoms with E-state index in [4.69, 9.17) is 0 Å². The number of benzene rings is 1. The van der Waals surface area contributed by atoms with Crippen molar-refractivity contribution in [1.82, 2.24) is 0 Å². The number of hydrogen-bond donors (Lipinski definition) is 1. The van der Waals surface area contributed by atoms with E-state index in [1.165, 1.54) is 5.56 Å². The van der Waals surface area contributed by atoms with E-state index in [2.05, 4.69) is 12.1 Å². The first-order chi connectivity index (χ1) is 8.77. The van der Waals surface area contributed by atoms with Crippen LogP contribution in [0.15, 0.2) is 42.0 Å². The molecule has 96 valence electrons. The fraction of sp³-hybridized carbons (Fsp3) is 0.438.